The van der Waals surface area contributed by atoms with Gasteiger partial charge in [-0.1, -0.05) is 47.6 Å². The molecule has 30 heavy (non-hydrogen) atoms. The molecule has 1 fully saturated rings. The maximum Gasteiger partial charge on any atom is 0.248 e. The Kier molecular flexibility index (Phi) is 5.44. The number of sulfonamides is 1. The first-order valence-corrected chi connectivity index (χ1v) is 11.2. The van der Waals surface area contributed by atoms with Gasteiger partial charge in [-0.3, -0.25) is 4.79 Å². The average Bonchev–Trinajstić information content (AvgIpc) is 3.10. The van der Waals surface area contributed by atoms with E-state index in [0.717, 1.165) is 16.3 Å². The van der Waals surface area contributed by atoms with Crippen molar-refractivity contribution in [2.45, 2.75) is 18.7 Å². The quantitative estimate of drug-likeness (QED) is 0.600. The predicted octanol–water partition coefficient (Wildman–Crippen LogP) is 2.99. The van der Waals surface area contributed by atoms with Crippen molar-refractivity contribution in [1.82, 2.24) is 14.4 Å². The van der Waals surface area contributed by atoms with E-state index in [0.29, 0.717) is 18.8 Å². The molecule has 0 atom stereocenters. The van der Waals surface area contributed by atoms with Gasteiger partial charge >= 0.3 is 0 Å². The van der Waals surface area contributed by atoms with E-state index in [1.807, 2.05) is 48.5 Å². The van der Waals surface area contributed by atoms with Crippen molar-refractivity contribution >= 4 is 32.8 Å². The van der Waals surface area contributed by atoms with Gasteiger partial charge in [0.05, 0.1) is 0 Å². The van der Waals surface area contributed by atoms with Gasteiger partial charge in [0.25, 0.3) is 0 Å². The first-order chi connectivity index (χ1) is 14.4. The van der Waals surface area contributed by atoms with Crippen LogP contribution in [0.1, 0.15) is 17.0 Å². The molecule has 0 N–H and O–H groups in total. The van der Waals surface area contributed by atoms with Crippen LogP contribution < -0.4 is 0 Å². The van der Waals surface area contributed by atoms with Gasteiger partial charge in [-0.15, -0.1) is 0 Å². The summed E-state index contributed by atoms with van der Waals surface area (Å²) in [7, 11) is -3.69. The average molecular weight is 426 g/mol. The summed E-state index contributed by atoms with van der Waals surface area (Å²) < 4.78 is 32.2. The summed E-state index contributed by atoms with van der Waals surface area (Å²) >= 11 is 0. The third-order valence-electron chi connectivity index (χ3n) is 5.34. The second-order valence-electron chi connectivity index (χ2n) is 7.28. The Balaban J connectivity index is 1.44. The van der Waals surface area contributed by atoms with E-state index in [-0.39, 0.29) is 29.7 Å². The zero-order chi connectivity index (χ0) is 21.3. The number of hydrogen-bond acceptors (Lipinski definition) is 5. The highest BCUT2D eigenvalue weighted by Gasteiger charge is 2.33. The van der Waals surface area contributed by atoms with E-state index in [4.69, 9.17) is 4.52 Å². The molecular weight excluding hydrogens is 402 g/mol. The van der Waals surface area contributed by atoms with Crippen molar-refractivity contribution in [1.29, 1.82) is 0 Å². The SMILES string of the molecule is Cc1noc(C)c1S(=O)(=O)N1CCN(C(=O)/C=C/c2cccc3ccccc23)CC1. The number of fused-ring (bicyclic) bond motifs is 1. The van der Waals surface area contributed by atoms with Crippen LogP contribution in [0.5, 0.6) is 0 Å². The van der Waals surface area contributed by atoms with E-state index in [2.05, 4.69) is 5.16 Å². The number of piperazine rings is 1. The molecule has 2 aromatic carbocycles. The predicted molar refractivity (Wildman–Crippen MR) is 114 cm³/mol. The minimum atomic E-state index is -3.69. The van der Waals surface area contributed by atoms with E-state index < -0.39 is 10.0 Å². The second-order valence-corrected chi connectivity index (χ2v) is 9.16. The van der Waals surface area contributed by atoms with E-state index in [1.165, 1.54) is 4.31 Å². The summed E-state index contributed by atoms with van der Waals surface area (Å²) in [6.45, 7) is 4.34. The number of nitrogens with zero attached hydrogens (tertiary/aromatic N) is 3. The lowest BCUT2D eigenvalue weighted by Crippen LogP contribution is -2.50. The molecule has 156 valence electrons. The molecule has 2 heterocycles. The second kappa shape index (κ2) is 8.04. The van der Waals surface area contributed by atoms with Crippen LogP contribution in [0, 0.1) is 13.8 Å². The molecule has 4 rings (SSSR count). The van der Waals surface area contributed by atoms with Crippen LogP contribution >= 0.6 is 0 Å². The molecule has 0 spiro atoms. The smallest absolute Gasteiger partial charge is 0.248 e. The van der Waals surface area contributed by atoms with Crippen LogP contribution in [0.2, 0.25) is 0 Å². The summed E-state index contributed by atoms with van der Waals surface area (Å²) in [6.07, 6.45) is 3.37. The van der Waals surface area contributed by atoms with Gasteiger partial charge in [-0.2, -0.15) is 4.31 Å². The molecule has 0 saturated carbocycles. The normalized spacial score (nSPS) is 15.9. The van der Waals surface area contributed by atoms with Crippen LogP contribution in [0.15, 0.2) is 58.0 Å². The highest BCUT2D eigenvalue weighted by atomic mass is 32.2. The van der Waals surface area contributed by atoms with Crippen molar-refractivity contribution in [3.8, 4) is 0 Å². The fraction of sp³-hybridized carbons (Fsp3) is 0.273. The van der Waals surface area contributed by atoms with Gasteiger partial charge in [0.15, 0.2) is 5.76 Å². The Morgan fingerprint density at radius 1 is 1.03 bits per heavy atom. The summed E-state index contributed by atoms with van der Waals surface area (Å²) in [6, 6.07) is 14.0. The minimum absolute atomic E-state index is 0.123. The fourth-order valence-electron chi connectivity index (χ4n) is 3.78. The minimum Gasteiger partial charge on any atom is -0.360 e. The highest BCUT2D eigenvalue weighted by molar-refractivity contribution is 7.89. The third kappa shape index (κ3) is 3.76. The number of amides is 1. The molecule has 7 nitrogen and oxygen atoms in total. The molecule has 0 aliphatic carbocycles. The third-order valence-corrected chi connectivity index (χ3v) is 7.49. The standard InChI is InChI=1S/C22H23N3O4S/c1-16-22(17(2)29-23-16)30(27,28)25-14-12-24(13-15-25)21(26)11-10-19-8-5-7-18-6-3-4-9-20(18)19/h3-11H,12-15H2,1-2H3/b11-10+. The van der Waals surface area contributed by atoms with Gasteiger partial charge < -0.3 is 9.42 Å². The van der Waals surface area contributed by atoms with Gasteiger partial charge in [0, 0.05) is 32.3 Å². The maximum absolute atomic E-state index is 12.9. The lowest BCUT2D eigenvalue weighted by Gasteiger charge is -2.33. The zero-order valence-electron chi connectivity index (χ0n) is 16.9. The van der Waals surface area contributed by atoms with Crippen molar-refractivity contribution in [3.63, 3.8) is 0 Å². The number of benzene rings is 2. The zero-order valence-corrected chi connectivity index (χ0v) is 17.7. The Bertz CT molecular complexity index is 1200. The number of rotatable bonds is 4. The molecule has 0 radical (unpaired) electrons. The van der Waals surface area contributed by atoms with Gasteiger partial charge in [-0.05, 0) is 36.3 Å². The van der Waals surface area contributed by atoms with Gasteiger partial charge in [-0.25, -0.2) is 8.42 Å². The summed E-state index contributed by atoms with van der Waals surface area (Å²) in [4.78, 5) is 14.4. The van der Waals surface area contributed by atoms with E-state index in [1.54, 1.807) is 24.8 Å². The topological polar surface area (TPSA) is 83.7 Å². The maximum atomic E-state index is 12.9. The lowest BCUT2D eigenvalue weighted by atomic mass is 10.0. The molecule has 3 aromatic rings. The first kappa shape index (κ1) is 20.3. The number of carbonyl (C=O) groups is 1. The number of carbonyl (C=O) groups excluding carboxylic acids is 1. The molecule has 1 amide bonds. The van der Waals surface area contributed by atoms with Crippen LogP contribution in [0.4, 0.5) is 0 Å². The van der Waals surface area contributed by atoms with Gasteiger partial charge in [0.2, 0.25) is 15.9 Å². The Labute approximate surface area is 175 Å². The summed E-state index contributed by atoms with van der Waals surface area (Å²) in [5.74, 6) is 0.154. The molecular formula is C22H23N3O4S. The largest absolute Gasteiger partial charge is 0.360 e. The van der Waals surface area contributed by atoms with Crippen molar-refractivity contribution < 1.29 is 17.7 Å². The molecule has 0 bridgehead atoms. The number of aryl methyl sites for hydroxylation is 2. The summed E-state index contributed by atoms with van der Waals surface area (Å²) in [5.41, 5.74) is 1.32. The van der Waals surface area contributed by atoms with Crippen molar-refractivity contribution in [2.75, 3.05) is 26.2 Å². The van der Waals surface area contributed by atoms with Crippen molar-refractivity contribution in [2.24, 2.45) is 0 Å². The van der Waals surface area contributed by atoms with E-state index in [9.17, 15) is 13.2 Å². The van der Waals surface area contributed by atoms with Crippen LogP contribution in [-0.4, -0.2) is 54.9 Å². The molecule has 1 saturated heterocycles. The Morgan fingerprint density at radius 3 is 2.43 bits per heavy atom. The molecule has 1 aromatic heterocycles. The molecule has 8 heteroatoms. The number of hydrogen-bond donors (Lipinski definition) is 0. The fourth-order valence-corrected chi connectivity index (χ4v) is 5.50. The summed E-state index contributed by atoms with van der Waals surface area (Å²) in [5, 5.41) is 5.94. The number of aromatic nitrogens is 1. The highest BCUT2D eigenvalue weighted by Crippen LogP contribution is 2.24. The molecule has 1 aliphatic rings. The molecule has 0 unspecified atom stereocenters. The van der Waals surface area contributed by atoms with Crippen LogP contribution in [0.25, 0.3) is 16.8 Å². The first-order valence-electron chi connectivity index (χ1n) is 9.76. The Hall–Kier alpha value is -2.97. The molecule has 1 aliphatic heterocycles. The monoisotopic (exact) mass is 425 g/mol. The van der Waals surface area contributed by atoms with Crippen LogP contribution in [-0.2, 0) is 14.8 Å². The van der Waals surface area contributed by atoms with Crippen LogP contribution in [0.3, 0.4) is 0 Å². The van der Waals surface area contributed by atoms with Gasteiger partial charge in [0.1, 0.15) is 10.6 Å². The Morgan fingerprint density at radius 2 is 1.73 bits per heavy atom. The lowest BCUT2D eigenvalue weighted by molar-refractivity contribution is -0.127. The van der Waals surface area contributed by atoms with E-state index >= 15 is 0 Å². The van der Waals surface area contributed by atoms with Crippen molar-refractivity contribution in [3.05, 3.63) is 65.6 Å².